The molecule has 0 fully saturated rings. The molecule has 0 aliphatic heterocycles. The molecule has 0 saturated heterocycles. The molecule has 0 aliphatic rings. The second-order valence-electron chi connectivity index (χ2n) is 23.5. The molecule has 0 aromatic carbocycles. The van der Waals surface area contributed by atoms with Gasteiger partial charge in [-0.3, -0.25) is 38.4 Å². The minimum absolute atomic E-state index is 0.0277. The van der Waals surface area contributed by atoms with E-state index in [4.69, 9.17) is 19.3 Å². The van der Waals surface area contributed by atoms with Gasteiger partial charge in [0, 0.05) is 31.6 Å². The van der Waals surface area contributed by atoms with E-state index in [1.54, 1.807) is 26.0 Å². The van der Waals surface area contributed by atoms with Gasteiger partial charge in [-0.05, 0) is 115 Å². The van der Waals surface area contributed by atoms with Crippen LogP contribution < -0.4 is 0 Å². The highest BCUT2D eigenvalue weighted by Gasteiger charge is 2.30. The highest BCUT2D eigenvalue weighted by Crippen LogP contribution is 2.28. The van der Waals surface area contributed by atoms with Gasteiger partial charge in [0.05, 0.1) is 24.7 Å². The summed E-state index contributed by atoms with van der Waals surface area (Å²) >= 11 is 0. The molecule has 7 atom stereocenters. The molecule has 7 unspecified atom stereocenters. The average molecular weight is 1220 g/mol. The van der Waals surface area contributed by atoms with Crippen molar-refractivity contribution in [1.29, 1.82) is 0 Å². The Labute approximate surface area is 522 Å². The van der Waals surface area contributed by atoms with Gasteiger partial charge in [0.25, 0.3) is 0 Å². The number of esters is 3. The summed E-state index contributed by atoms with van der Waals surface area (Å²) in [6.45, 7) is 8.77. The van der Waals surface area contributed by atoms with Gasteiger partial charge in [-0.15, -0.1) is 0 Å². The van der Waals surface area contributed by atoms with Crippen LogP contribution in [0.5, 0.6) is 0 Å². The smallest absolute Gasteiger partial charge is 0.307 e. The number of hydrogen-bond acceptors (Lipinski definition) is 12. The fraction of sp³-hybridized carbons (Fsp3) is 0.704. The van der Waals surface area contributed by atoms with Gasteiger partial charge in [-0.25, -0.2) is 0 Å². The molecular weight excluding hydrogens is 1110 g/mol. The van der Waals surface area contributed by atoms with Crippen LogP contribution in [0.3, 0.4) is 0 Å². The van der Waals surface area contributed by atoms with Gasteiger partial charge in [-0.2, -0.15) is 0 Å². The number of carboxylic acid groups (broad SMARTS) is 4. The van der Waals surface area contributed by atoms with Crippen molar-refractivity contribution in [2.24, 2.45) is 35.5 Å². The lowest BCUT2D eigenvalue weighted by molar-refractivity contribution is -0.167. The fourth-order valence-corrected chi connectivity index (χ4v) is 10.5. The monoisotopic (exact) mass is 1220 g/mol. The van der Waals surface area contributed by atoms with E-state index in [0.29, 0.717) is 38.5 Å². The summed E-state index contributed by atoms with van der Waals surface area (Å²) in [6.07, 6.45) is 49.3. The maximum Gasteiger partial charge on any atom is 0.307 e. The van der Waals surface area contributed by atoms with Gasteiger partial charge in [-0.1, -0.05) is 203 Å². The molecule has 16 nitrogen and oxygen atoms in total. The number of rotatable bonds is 59. The molecule has 0 radical (unpaired) electrons. The zero-order chi connectivity index (χ0) is 64.7. The Morgan fingerprint density at radius 1 is 0.391 bits per heavy atom. The Kier molecular flexibility index (Phi) is 51.6. The highest BCUT2D eigenvalue weighted by atomic mass is 16.6. The van der Waals surface area contributed by atoms with E-state index in [1.807, 2.05) is 43.4 Å². The number of Topliss-reactive ketones (excluding diaryl/α,β-unsaturated/α-hetero) is 2. The summed E-state index contributed by atoms with van der Waals surface area (Å²) in [5.74, 6) is -8.60. The van der Waals surface area contributed by atoms with E-state index >= 15 is 0 Å². The lowest BCUT2D eigenvalue weighted by atomic mass is 9.81. The number of ether oxygens (including phenoxy) is 3. The van der Waals surface area contributed by atoms with Gasteiger partial charge in [0.15, 0.2) is 6.10 Å². The third kappa shape index (κ3) is 47.8. The van der Waals surface area contributed by atoms with E-state index < -0.39 is 72.6 Å². The van der Waals surface area contributed by atoms with E-state index in [2.05, 4.69) is 38.2 Å². The molecule has 0 rings (SSSR count). The summed E-state index contributed by atoms with van der Waals surface area (Å²) in [5.41, 5.74) is 0. The number of allylic oxidation sites excluding steroid dienone is 12. The van der Waals surface area contributed by atoms with Crippen molar-refractivity contribution in [2.45, 2.75) is 272 Å². The van der Waals surface area contributed by atoms with Crippen molar-refractivity contribution in [1.82, 2.24) is 0 Å². The third-order valence-corrected chi connectivity index (χ3v) is 15.7. The number of hydrogen-bond donors (Lipinski definition) is 4. The van der Waals surface area contributed by atoms with Gasteiger partial charge >= 0.3 is 41.8 Å². The van der Waals surface area contributed by atoms with Crippen LogP contribution in [0.2, 0.25) is 0 Å². The second kappa shape index (κ2) is 55.4. The lowest BCUT2D eigenvalue weighted by Gasteiger charge is -2.22. The Hall–Kier alpha value is -5.93. The van der Waals surface area contributed by atoms with E-state index in [-0.39, 0.29) is 74.1 Å². The van der Waals surface area contributed by atoms with Crippen LogP contribution in [0.1, 0.15) is 266 Å². The Balaban J connectivity index is 5.17. The maximum absolute atomic E-state index is 13.1. The number of carbonyl (C=O) groups is 9. The Morgan fingerprint density at radius 3 is 1.30 bits per heavy atom. The lowest BCUT2D eigenvalue weighted by Crippen LogP contribution is -2.30. The third-order valence-electron chi connectivity index (χ3n) is 15.7. The summed E-state index contributed by atoms with van der Waals surface area (Å²) in [5, 5.41) is 37.4. The van der Waals surface area contributed by atoms with Gasteiger partial charge < -0.3 is 39.4 Å². The summed E-state index contributed by atoms with van der Waals surface area (Å²) < 4.78 is 16.8. The van der Waals surface area contributed by atoms with Gasteiger partial charge in [0.1, 0.15) is 24.8 Å². The predicted molar refractivity (Wildman–Crippen MR) is 343 cm³/mol. The van der Waals surface area contributed by atoms with Crippen LogP contribution >= 0.6 is 0 Å². The number of carboxylic acids is 4. The molecule has 0 saturated carbocycles. The molecule has 0 spiro atoms. The zero-order valence-electron chi connectivity index (χ0n) is 54.0. The van der Waals surface area contributed by atoms with Crippen molar-refractivity contribution in [3.05, 3.63) is 72.9 Å². The molecule has 16 heteroatoms. The molecule has 4 N–H and O–H groups in total. The van der Waals surface area contributed by atoms with Crippen LogP contribution in [0.25, 0.3) is 0 Å². The topological polar surface area (TPSA) is 262 Å². The zero-order valence-corrected chi connectivity index (χ0v) is 54.0. The van der Waals surface area contributed by atoms with Crippen LogP contribution in [0, 0.1) is 35.5 Å². The Morgan fingerprint density at radius 2 is 0.805 bits per heavy atom. The molecule has 0 aromatic rings. The normalized spacial score (nSPS) is 14.4. The van der Waals surface area contributed by atoms with Crippen molar-refractivity contribution in [3.8, 4) is 0 Å². The van der Waals surface area contributed by atoms with Gasteiger partial charge in [0.2, 0.25) is 0 Å². The summed E-state index contributed by atoms with van der Waals surface area (Å²) in [4.78, 5) is 109. The minimum atomic E-state index is -1.13. The molecule has 0 amide bonds. The van der Waals surface area contributed by atoms with Crippen LogP contribution in [-0.2, 0) is 57.4 Å². The molecule has 0 bridgehead atoms. The van der Waals surface area contributed by atoms with Crippen LogP contribution in [-0.4, -0.2) is 93.1 Å². The Bertz CT molecular complexity index is 2100. The quantitative estimate of drug-likeness (QED) is 0.0145. The SMILES string of the molecule is CCCCCCCCC(/C=C/CCCCCCC(=O)OC(COC(=O)CCCCCCC/C=C\C=C\C(CCCCC)C(CC(=O)O)C(=O)O)COC(=O)CCCCCCC/C=C\C/C=C\C=C\C(CC)C(CC(=O)O)C(=O)O)C(CC(C)=O)C(C)=O. The maximum atomic E-state index is 13.1. The van der Waals surface area contributed by atoms with E-state index in [9.17, 15) is 58.5 Å². The number of aliphatic carboxylic acids is 4. The number of unbranched alkanes of at least 4 members (excludes halogenated alkanes) is 21. The highest BCUT2D eigenvalue weighted by molar-refractivity contribution is 5.86. The number of carbonyl (C=O) groups excluding carboxylic acids is 5. The molecule has 87 heavy (non-hydrogen) atoms. The first-order chi connectivity index (χ1) is 41.9. The van der Waals surface area contributed by atoms with Crippen LogP contribution in [0.4, 0.5) is 0 Å². The molecule has 494 valence electrons. The summed E-state index contributed by atoms with van der Waals surface area (Å²) in [7, 11) is 0. The molecular formula is C71H114O16. The van der Waals surface area contributed by atoms with Crippen molar-refractivity contribution in [2.75, 3.05) is 13.2 Å². The fourth-order valence-electron chi connectivity index (χ4n) is 10.5. The first-order valence-electron chi connectivity index (χ1n) is 33.2. The van der Waals surface area contributed by atoms with E-state index in [1.165, 1.54) is 25.7 Å². The number of ketones is 2. The first kappa shape index (κ1) is 81.1. The van der Waals surface area contributed by atoms with E-state index in [0.717, 1.165) is 128 Å². The molecule has 0 heterocycles. The second-order valence-corrected chi connectivity index (χ2v) is 23.5. The standard InChI is InChI=1S/C71H114O16/c1-6-9-11-12-28-37-45-59(62(57(5)73)51-56(4)72)46-38-31-26-27-34-42-50-69(80)87-61(54-85-67(78)48-40-32-24-20-16-14-13-15-18-22-29-36-43-58(8-3)63(70(81)82)52-65(74)75)55-86-68(79)49-41-33-25-21-17-19-23-30-39-47-60(44-35-10-7-2)64(71(83)84)53-66(76)77/h13,15,22-23,29-30,36,38-39,43,46-47,58-64H,6-12,14,16-21,24-28,31-35,37,40-42,44-45,48-55H2,1-5H3,(H,74,75)(H,76,77)(H,81,82)(H,83,84)/b15-13-,29-22-,30-23-,43-36+,46-38+,47-39+. The van der Waals surface area contributed by atoms with Crippen LogP contribution in [0.15, 0.2) is 72.9 Å². The average Bonchev–Trinajstić information content (AvgIpc) is 3.52. The van der Waals surface area contributed by atoms with Crippen molar-refractivity contribution in [3.63, 3.8) is 0 Å². The predicted octanol–water partition coefficient (Wildman–Crippen LogP) is 16.6. The van der Waals surface area contributed by atoms with Crippen molar-refractivity contribution < 1.29 is 77.8 Å². The molecule has 0 aromatic heterocycles. The molecule has 0 aliphatic carbocycles. The minimum Gasteiger partial charge on any atom is -0.481 e. The van der Waals surface area contributed by atoms with Crippen molar-refractivity contribution >= 4 is 53.4 Å². The first-order valence-corrected chi connectivity index (χ1v) is 33.2. The summed E-state index contributed by atoms with van der Waals surface area (Å²) in [6, 6.07) is 0. The largest absolute Gasteiger partial charge is 0.481 e.